The quantitative estimate of drug-likeness (QED) is 0.909. The van der Waals surface area contributed by atoms with Gasteiger partial charge in [-0.2, -0.15) is 0 Å². The number of carbonyl (C=O) groups is 1. The van der Waals surface area contributed by atoms with Crippen molar-refractivity contribution in [3.8, 4) is 0 Å². The summed E-state index contributed by atoms with van der Waals surface area (Å²) >= 11 is 5.93. The standard InChI is InChI=1S/C16H15ClFNO/c1-10-5-3-6-11(2)15(10)16(20)19-9-12-13(17)7-4-8-14(12)18/h3-8H,9H2,1-2H3,(H,19,20). The van der Waals surface area contributed by atoms with Crippen molar-refractivity contribution < 1.29 is 9.18 Å². The Hall–Kier alpha value is -1.87. The van der Waals surface area contributed by atoms with E-state index >= 15 is 0 Å². The molecule has 0 saturated carbocycles. The number of nitrogens with one attached hydrogen (secondary N) is 1. The van der Waals surface area contributed by atoms with Gasteiger partial charge in [0.2, 0.25) is 0 Å². The molecule has 104 valence electrons. The van der Waals surface area contributed by atoms with Crippen molar-refractivity contribution >= 4 is 17.5 Å². The molecule has 0 aliphatic carbocycles. The molecule has 0 unspecified atom stereocenters. The molecular weight excluding hydrogens is 277 g/mol. The lowest BCUT2D eigenvalue weighted by atomic mass is 10.0. The lowest BCUT2D eigenvalue weighted by Crippen LogP contribution is -2.25. The summed E-state index contributed by atoms with van der Waals surface area (Å²) in [4.78, 5) is 12.2. The Morgan fingerprint density at radius 2 is 1.75 bits per heavy atom. The number of hydrogen-bond acceptors (Lipinski definition) is 1. The van der Waals surface area contributed by atoms with Crippen molar-refractivity contribution in [3.63, 3.8) is 0 Å². The highest BCUT2D eigenvalue weighted by Crippen LogP contribution is 2.19. The zero-order valence-corrected chi connectivity index (χ0v) is 12.1. The highest BCUT2D eigenvalue weighted by atomic mass is 35.5. The van der Waals surface area contributed by atoms with Crippen molar-refractivity contribution in [3.05, 3.63) is 69.5 Å². The van der Waals surface area contributed by atoms with E-state index in [4.69, 9.17) is 11.6 Å². The third-order valence-electron chi connectivity index (χ3n) is 3.20. The first-order valence-electron chi connectivity index (χ1n) is 6.28. The van der Waals surface area contributed by atoms with Gasteiger partial charge in [0.05, 0.1) is 0 Å². The van der Waals surface area contributed by atoms with Crippen molar-refractivity contribution in [2.75, 3.05) is 0 Å². The fraction of sp³-hybridized carbons (Fsp3) is 0.188. The van der Waals surface area contributed by atoms with Gasteiger partial charge < -0.3 is 5.32 Å². The number of rotatable bonds is 3. The summed E-state index contributed by atoms with van der Waals surface area (Å²) in [7, 11) is 0. The van der Waals surface area contributed by atoms with Crippen LogP contribution in [0.15, 0.2) is 36.4 Å². The van der Waals surface area contributed by atoms with E-state index in [0.29, 0.717) is 16.1 Å². The predicted molar refractivity (Wildman–Crippen MR) is 78.5 cm³/mol. The molecule has 2 aromatic rings. The van der Waals surface area contributed by atoms with Crippen LogP contribution in [0, 0.1) is 19.7 Å². The fourth-order valence-electron chi connectivity index (χ4n) is 2.13. The van der Waals surface area contributed by atoms with Crippen LogP contribution < -0.4 is 5.32 Å². The van der Waals surface area contributed by atoms with Gasteiger partial charge in [-0.25, -0.2) is 4.39 Å². The molecule has 1 amide bonds. The van der Waals surface area contributed by atoms with Crippen LogP contribution in [0.5, 0.6) is 0 Å². The normalized spacial score (nSPS) is 10.4. The Morgan fingerprint density at radius 3 is 2.35 bits per heavy atom. The smallest absolute Gasteiger partial charge is 0.252 e. The van der Waals surface area contributed by atoms with Crippen molar-refractivity contribution in [2.24, 2.45) is 0 Å². The van der Waals surface area contributed by atoms with E-state index in [1.807, 2.05) is 32.0 Å². The van der Waals surface area contributed by atoms with E-state index in [1.54, 1.807) is 6.07 Å². The van der Waals surface area contributed by atoms with E-state index < -0.39 is 5.82 Å². The van der Waals surface area contributed by atoms with Gasteiger partial charge in [0.25, 0.3) is 5.91 Å². The zero-order chi connectivity index (χ0) is 14.7. The van der Waals surface area contributed by atoms with Crippen LogP contribution in [0.4, 0.5) is 4.39 Å². The maximum Gasteiger partial charge on any atom is 0.252 e. The van der Waals surface area contributed by atoms with Gasteiger partial charge in [0.1, 0.15) is 5.82 Å². The minimum atomic E-state index is -0.417. The van der Waals surface area contributed by atoms with Gasteiger partial charge in [-0.3, -0.25) is 4.79 Å². The Morgan fingerprint density at radius 1 is 1.15 bits per heavy atom. The van der Waals surface area contributed by atoms with Gasteiger partial charge in [0.15, 0.2) is 0 Å². The molecule has 0 aliphatic rings. The number of carbonyl (C=O) groups excluding carboxylic acids is 1. The maximum absolute atomic E-state index is 13.6. The van der Waals surface area contributed by atoms with Gasteiger partial charge in [-0.15, -0.1) is 0 Å². The van der Waals surface area contributed by atoms with Crippen LogP contribution in [-0.2, 0) is 6.54 Å². The second kappa shape index (κ2) is 6.06. The molecule has 2 aromatic carbocycles. The summed E-state index contributed by atoms with van der Waals surface area (Å²) in [5.74, 6) is -0.640. The molecule has 0 bridgehead atoms. The maximum atomic E-state index is 13.6. The van der Waals surface area contributed by atoms with Crippen LogP contribution in [0.2, 0.25) is 5.02 Å². The molecule has 1 N–H and O–H groups in total. The third kappa shape index (κ3) is 2.99. The molecule has 0 heterocycles. The van der Waals surface area contributed by atoms with Crippen molar-refractivity contribution in [1.82, 2.24) is 5.32 Å². The number of hydrogen-bond donors (Lipinski definition) is 1. The van der Waals surface area contributed by atoms with Gasteiger partial charge >= 0.3 is 0 Å². The van der Waals surface area contributed by atoms with Gasteiger partial charge in [-0.05, 0) is 37.1 Å². The average molecular weight is 292 g/mol. The number of aryl methyl sites for hydroxylation is 2. The van der Waals surface area contributed by atoms with Crippen LogP contribution in [0.1, 0.15) is 27.0 Å². The van der Waals surface area contributed by atoms with Crippen LogP contribution in [0.3, 0.4) is 0 Å². The van der Waals surface area contributed by atoms with Crippen LogP contribution >= 0.6 is 11.6 Å². The third-order valence-corrected chi connectivity index (χ3v) is 3.55. The first-order valence-corrected chi connectivity index (χ1v) is 6.66. The van der Waals surface area contributed by atoms with Gasteiger partial charge in [-0.1, -0.05) is 35.9 Å². The summed E-state index contributed by atoms with van der Waals surface area (Å²) in [6, 6.07) is 10.1. The highest BCUT2D eigenvalue weighted by Gasteiger charge is 2.13. The molecule has 2 nitrogen and oxygen atoms in total. The Bertz CT molecular complexity index is 614. The molecule has 0 radical (unpaired) electrons. The number of amides is 1. The molecule has 0 aromatic heterocycles. The summed E-state index contributed by atoms with van der Waals surface area (Å²) in [6.07, 6.45) is 0. The summed E-state index contributed by atoms with van der Waals surface area (Å²) in [5.41, 5.74) is 2.71. The van der Waals surface area contributed by atoms with E-state index in [9.17, 15) is 9.18 Å². The second-order valence-electron chi connectivity index (χ2n) is 4.65. The Balaban J connectivity index is 2.17. The predicted octanol–water partition coefficient (Wildman–Crippen LogP) is 4.03. The lowest BCUT2D eigenvalue weighted by molar-refractivity contribution is 0.0949. The molecule has 0 saturated heterocycles. The summed E-state index contributed by atoms with van der Waals surface area (Å²) < 4.78 is 13.6. The molecule has 0 atom stereocenters. The monoisotopic (exact) mass is 291 g/mol. The van der Waals surface area contributed by atoms with E-state index in [0.717, 1.165) is 11.1 Å². The molecule has 0 fully saturated rings. The first-order chi connectivity index (χ1) is 9.50. The molecule has 4 heteroatoms. The zero-order valence-electron chi connectivity index (χ0n) is 11.3. The summed E-state index contributed by atoms with van der Waals surface area (Å²) in [5, 5.41) is 3.03. The topological polar surface area (TPSA) is 29.1 Å². The lowest BCUT2D eigenvalue weighted by Gasteiger charge is -2.11. The second-order valence-corrected chi connectivity index (χ2v) is 5.06. The molecule has 20 heavy (non-hydrogen) atoms. The number of benzene rings is 2. The van der Waals surface area contributed by atoms with E-state index in [-0.39, 0.29) is 12.5 Å². The van der Waals surface area contributed by atoms with Gasteiger partial charge in [0, 0.05) is 22.7 Å². The highest BCUT2D eigenvalue weighted by molar-refractivity contribution is 6.31. The SMILES string of the molecule is Cc1cccc(C)c1C(=O)NCc1c(F)cccc1Cl. The number of halogens is 2. The Labute approximate surface area is 122 Å². The van der Waals surface area contributed by atoms with E-state index in [2.05, 4.69) is 5.32 Å². The van der Waals surface area contributed by atoms with E-state index in [1.165, 1.54) is 12.1 Å². The van der Waals surface area contributed by atoms with Crippen molar-refractivity contribution in [2.45, 2.75) is 20.4 Å². The van der Waals surface area contributed by atoms with Crippen molar-refractivity contribution in [1.29, 1.82) is 0 Å². The van der Waals surface area contributed by atoms with Crippen LogP contribution in [0.25, 0.3) is 0 Å². The average Bonchev–Trinajstić information content (AvgIpc) is 2.38. The molecule has 0 spiro atoms. The first kappa shape index (κ1) is 14.5. The minimum Gasteiger partial charge on any atom is -0.348 e. The largest absolute Gasteiger partial charge is 0.348 e. The molecule has 2 rings (SSSR count). The Kier molecular flexibility index (Phi) is 4.40. The molecule has 0 aliphatic heterocycles. The summed E-state index contributed by atoms with van der Waals surface area (Å²) in [6.45, 7) is 3.81. The molecular formula is C16H15ClFNO. The fourth-order valence-corrected chi connectivity index (χ4v) is 2.36. The van der Waals surface area contributed by atoms with Crippen LogP contribution in [-0.4, -0.2) is 5.91 Å². The minimum absolute atomic E-state index is 0.0676.